The highest BCUT2D eigenvalue weighted by molar-refractivity contribution is 6.30. The van der Waals surface area contributed by atoms with Gasteiger partial charge < -0.3 is 4.90 Å². The molecule has 1 fully saturated rings. The molecule has 2 aromatic heterocycles. The minimum atomic E-state index is 0.439. The number of nitrogens with zero attached hydrogens (tertiary/aromatic N) is 4. The van der Waals surface area contributed by atoms with Gasteiger partial charge in [0.1, 0.15) is 11.6 Å². The van der Waals surface area contributed by atoms with Gasteiger partial charge in [0.05, 0.1) is 0 Å². The summed E-state index contributed by atoms with van der Waals surface area (Å²) in [5, 5.41) is 0.771. The van der Waals surface area contributed by atoms with Gasteiger partial charge in [-0.2, -0.15) is 0 Å². The Balaban J connectivity index is 1.45. The molecule has 0 radical (unpaired) electrons. The van der Waals surface area contributed by atoms with E-state index in [0.29, 0.717) is 5.92 Å². The molecule has 1 atom stereocenters. The number of halogens is 1. The van der Waals surface area contributed by atoms with Crippen LogP contribution in [0.15, 0.2) is 48.7 Å². The summed E-state index contributed by atoms with van der Waals surface area (Å²) in [6.45, 7) is 5.99. The van der Waals surface area contributed by atoms with E-state index in [2.05, 4.69) is 45.2 Å². The van der Waals surface area contributed by atoms with E-state index in [-0.39, 0.29) is 0 Å². The molecule has 1 aromatic carbocycles. The highest BCUT2D eigenvalue weighted by Crippen LogP contribution is 2.28. The molecule has 1 aliphatic heterocycles. The van der Waals surface area contributed by atoms with Crippen LogP contribution < -0.4 is 4.90 Å². The van der Waals surface area contributed by atoms with Crippen molar-refractivity contribution in [3.63, 3.8) is 0 Å². The first-order valence-corrected chi connectivity index (χ1v) is 10.2. The van der Waals surface area contributed by atoms with Crippen LogP contribution in [0, 0.1) is 13.8 Å². The van der Waals surface area contributed by atoms with Crippen LogP contribution in [0.3, 0.4) is 0 Å². The summed E-state index contributed by atoms with van der Waals surface area (Å²) in [5.41, 5.74) is 4.67. The minimum Gasteiger partial charge on any atom is -0.356 e. The fourth-order valence-electron chi connectivity index (χ4n) is 3.91. The van der Waals surface area contributed by atoms with Crippen molar-refractivity contribution in [2.24, 2.45) is 0 Å². The van der Waals surface area contributed by atoms with Crippen LogP contribution in [-0.4, -0.2) is 28.0 Å². The van der Waals surface area contributed by atoms with Crippen LogP contribution in [0.1, 0.15) is 47.1 Å². The first kappa shape index (κ1) is 18.9. The van der Waals surface area contributed by atoms with Gasteiger partial charge >= 0.3 is 0 Å². The first-order valence-electron chi connectivity index (χ1n) is 9.83. The van der Waals surface area contributed by atoms with E-state index in [0.717, 1.165) is 48.3 Å². The zero-order valence-electron chi connectivity index (χ0n) is 16.4. The normalized spacial score (nSPS) is 17.0. The van der Waals surface area contributed by atoms with Crippen molar-refractivity contribution in [3.8, 4) is 0 Å². The average molecular weight is 393 g/mol. The molecular formula is C23H25ClN4. The molecule has 1 aliphatic rings. The van der Waals surface area contributed by atoms with E-state index < -0.39 is 0 Å². The Labute approximate surface area is 171 Å². The lowest BCUT2D eigenvalue weighted by atomic mass is 9.93. The Kier molecular flexibility index (Phi) is 5.58. The van der Waals surface area contributed by atoms with Crippen LogP contribution in [0.2, 0.25) is 5.02 Å². The maximum atomic E-state index is 5.97. The Morgan fingerprint density at radius 3 is 2.54 bits per heavy atom. The van der Waals surface area contributed by atoms with Crippen molar-refractivity contribution in [2.45, 2.75) is 39.0 Å². The molecule has 144 valence electrons. The number of benzene rings is 1. The summed E-state index contributed by atoms with van der Waals surface area (Å²) < 4.78 is 0. The lowest BCUT2D eigenvalue weighted by Gasteiger charge is -2.33. The van der Waals surface area contributed by atoms with E-state index in [1.807, 2.05) is 32.2 Å². The van der Waals surface area contributed by atoms with E-state index >= 15 is 0 Å². The molecule has 3 aromatic rings. The largest absolute Gasteiger partial charge is 0.356 e. The topological polar surface area (TPSA) is 41.9 Å². The maximum Gasteiger partial charge on any atom is 0.132 e. The summed E-state index contributed by atoms with van der Waals surface area (Å²) in [7, 11) is 0. The van der Waals surface area contributed by atoms with E-state index in [4.69, 9.17) is 16.6 Å². The second-order valence-electron chi connectivity index (χ2n) is 7.59. The smallest absolute Gasteiger partial charge is 0.132 e. The average Bonchev–Trinajstić information content (AvgIpc) is 2.70. The SMILES string of the molecule is Cc1cc(N2CCCC(c3ccc(Cc4ccc(Cl)cc4)cn3)C2)nc(C)n1. The third kappa shape index (κ3) is 4.50. The van der Waals surface area contributed by atoms with Gasteiger partial charge in [-0.05, 0) is 62.4 Å². The molecule has 3 heterocycles. The summed E-state index contributed by atoms with van der Waals surface area (Å²) in [4.78, 5) is 16.2. The Morgan fingerprint density at radius 1 is 1.04 bits per heavy atom. The molecule has 1 saturated heterocycles. The lowest BCUT2D eigenvalue weighted by molar-refractivity contribution is 0.498. The lowest BCUT2D eigenvalue weighted by Crippen LogP contribution is -2.35. The Hall–Kier alpha value is -2.46. The number of hydrogen-bond acceptors (Lipinski definition) is 4. The fraction of sp³-hybridized carbons (Fsp3) is 0.348. The van der Waals surface area contributed by atoms with Gasteiger partial charge in [-0.1, -0.05) is 29.8 Å². The second-order valence-corrected chi connectivity index (χ2v) is 8.03. The number of anilines is 1. The molecule has 28 heavy (non-hydrogen) atoms. The zero-order valence-corrected chi connectivity index (χ0v) is 17.2. The molecule has 5 heteroatoms. The molecule has 0 saturated carbocycles. The number of aryl methyl sites for hydroxylation is 2. The summed E-state index contributed by atoms with van der Waals surface area (Å²) >= 11 is 5.97. The van der Waals surface area contributed by atoms with Crippen molar-refractivity contribution in [1.82, 2.24) is 15.0 Å². The van der Waals surface area contributed by atoms with Crippen LogP contribution in [0.4, 0.5) is 5.82 Å². The molecule has 0 bridgehead atoms. The maximum absolute atomic E-state index is 5.97. The highest BCUT2D eigenvalue weighted by atomic mass is 35.5. The standard InChI is InChI=1S/C23H25ClN4/c1-16-12-23(27-17(2)26-16)28-11-3-4-20(15-28)22-10-7-19(14-25-22)13-18-5-8-21(24)9-6-18/h5-10,12,14,20H,3-4,11,13,15H2,1-2H3. The molecule has 1 unspecified atom stereocenters. The van der Waals surface area contributed by atoms with Crippen LogP contribution in [0.5, 0.6) is 0 Å². The highest BCUT2D eigenvalue weighted by Gasteiger charge is 2.23. The Bertz CT molecular complexity index is 918. The minimum absolute atomic E-state index is 0.439. The third-order valence-corrected chi connectivity index (χ3v) is 5.54. The van der Waals surface area contributed by atoms with Crippen molar-refractivity contribution in [2.75, 3.05) is 18.0 Å². The van der Waals surface area contributed by atoms with Gasteiger partial charge in [0.25, 0.3) is 0 Å². The van der Waals surface area contributed by atoms with Gasteiger partial charge in [0.2, 0.25) is 0 Å². The van der Waals surface area contributed by atoms with Crippen molar-refractivity contribution in [1.29, 1.82) is 0 Å². The molecule has 4 nitrogen and oxygen atoms in total. The molecule has 0 N–H and O–H groups in total. The second kappa shape index (κ2) is 8.27. The molecule has 0 aliphatic carbocycles. The van der Waals surface area contributed by atoms with Crippen LogP contribution in [0.25, 0.3) is 0 Å². The van der Waals surface area contributed by atoms with Gasteiger partial charge in [0, 0.05) is 47.7 Å². The molecule has 0 spiro atoms. The number of piperidine rings is 1. The van der Waals surface area contributed by atoms with E-state index in [1.54, 1.807) is 0 Å². The van der Waals surface area contributed by atoms with Crippen LogP contribution in [-0.2, 0) is 6.42 Å². The van der Waals surface area contributed by atoms with Crippen molar-refractivity contribution in [3.05, 3.63) is 82.0 Å². The molecular weight excluding hydrogens is 368 g/mol. The van der Waals surface area contributed by atoms with E-state index in [9.17, 15) is 0 Å². The number of hydrogen-bond donors (Lipinski definition) is 0. The summed E-state index contributed by atoms with van der Waals surface area (Å²) in [6.07, 6.45) is 5.21. The first-order chi connectivity index (χ1) is 13.6. The fourth-order valence-corrected chi connectivity index (χ4v) is 4.03. The summed E-state index contributed by atoms with van der Waals surface area (Å²) in [6, 6.07) is 14.5. The predicted molar refractivity (Wildman–Crippen MR) is 114 cm³/mol. The predicted octanol–water partition coefficient (Wildman–Crippen LogP) is 5.12. The van der Waals surface area contributed by atoms with Gasteiger partial charge in [0.15, 0.2) is 0 Å². The Morgan fingerprint density at radius 2 is 1.82 bits per heavy atom. The van der Waals surface area contributed by atoms with Gasteiger partial charge in [-0.3, -0.25) is 4.98 Å². The third-order valence-electron chi connectivity index (χ3n) is 5.29. The van der Waals surface area contributed by atoms with Crippen molar-refractivity contribution < 1.29 is 0 Å². The number of aromatic nitrogens is 3. The summed E-state index contributed by atoms with van der Waals surface area (Å²) in [5.74, 6) is 2.31. The zero-order chi connectivity index (χ0) is 19.5. The van der Waals surface area contributed by atoms with E-state index in [1.165, 1.54) is 23.2 Å². The molecule has 4 rings (SSSR count). The number of pyridine rings is 1. The molecule has 0 amide bonds. The van der Waals surface area contributed by atoms with Crippen molar-refractivity contribution >= 4 is 17.4 Å². The monoisotopic (exact) mass is 392 g/mol. The van der Waals surface area contributed by atoms with Gasteiger partial charge in [-0.15, -0.1) is 0 Å². The van der Waals surface area contributed by atoms with Crippen LogP contribution >= 0.6 is 11.6 Å². The van der Waals surface area contributed by atoms with Gasteiger partial charge in [-0.25, -0.2) is 9.97 Å². The quantitative estimate of drug-likeness (QED) is 0.618. The number of rotatable bonds is 4.